The van der Waals surface area contributed by atoms with Crippen molar-refractivity contribution in [3.63, 3.8) is 0 Å². The Balaban J connectivity index is 1.68. The van der Waals surface area contributed by atoms with Gasteiger partial charge < -0.3 is 10.4 Å². The number of hydrogen-bond donors (Lipinski definition) is 2. The zero-order valence-corrected chi connectivity index (χ0v) is 13.4. The maximum atomic E-state index is 13.4. The van der Waals surface area contributed by atoms with Gasteiger partial charge in [0, 0.05) is 12.8 Å². The molecule has 0 bridgehead atoms. The van der Waals surface area contributed by atoms with E-state index in [2.05, 4.69) is 5.32 Å². The van der Waals surface area contributed by atoms with Crippen LogP contribution in [0.3, 0.4) is 0 Å². The summed E-state index contributed by atoms with van der Waals surface area (Å²) in [5.41, 5.74) is 2.12. The van der Waals surface area contributed by atoms with Gasteiger partial charge in [0.1, 0.15) is 5.82 Å². The van der Waals surface area contributed by atoms with Gasteiger partial charge >= 0.3 is 0 Å². The molecule has 3 rings (SSSR count). The second-order valence-electron chi connectivity index (χ2n) is 5.77. The maximum absolute atomic E-state index is 13.4. The van der Waals surface area contributed by atoms with Crippen LogP contribution in [0.15, 0.2) is 42.5 Å². The van der Waals surface area contributed by atoms with Crippen molar-refractivity contribution in [1.29, 1.82) is 0 Å². The fourth-order valence-corrected chi connectivity index (χ4v) is 3.00. The molecule has 0 saturated heterocycles. The second-order valence-corrected chi connectivity index (χ2v) is 6.18. The number of amides is 1. The summed E-state index contributed by atoms with van der Waals surface area (Å²) in [6.45, 7) is 0. The summed E-state index contributed by atoms with van der Waals surface area (Å²) in [6.07, 6.45) is -0.575. The number of aliphatic hydroxyl groups is 1. The second kappa shape index (κ2) is 6.71. The molecule has 2 aromatic carbocycles. The standard InChI is InChI=1S/C18H15ClFNO3/c19-13-6-5-10(7-14(13)20)8-16(23)18(24)21-17-12-4-2-1-3-11(12)9-15(17)22/h1-7,15,17,22H,8-9H2,(H,21,24)/t15-,17?/m1/s1. The van der Waals surface area contributed by atoms with Crippen molar-refractivity contribution in [2.45, 2.75) is 25.0 Å². The van der Waals surface area contributed by atoms with Crippen LogP contribution in [0, 0.1) is 5.82 Å². The number of rotatable bonds is 4. The SMILES string of the molecule is O=C(Cc1ccc(Cl)c(F)c1)C(=O)NC1c2ccccc2C[C@H]1O. The summed E-state index contributed by atoms with van der Waals surface area (Å²) in [5.74, 6) is -2.14. The van der Waals surface area contributed by atoms with E-state index in [9.17, 15) is 19.1 Å². The van der Waals surface area contributed by atoms with Gasteiger partial charge in [-0.1, -0.05) is 41.9 Å². The number of hydrogen-bond acceptors (Lipinski definition) is 3. The molecule has 1 aliphatic carbocycles. The summed E-state index contributed by atoms with van der Waals surface area (Å²) in [7, 11) is 0. The summed E-state index contributed by atoms with van der Waals surface area (Å²) < 4.78 is 13.4. The van der Waals surface area contributed by atoms with E-state index in [1.54, 1.807) is 0 Å². The normalized spacial score (nSPS) is 19.0. The van der Waals surface area contributed by atoms with Gasteiger partial charge in [0.15, 0.2) is 0 Å². The van der Waals surface area contributed by atoms with Gasteiger partial charge in [-0.2, -0.15) is 0 Å². The first-order valence-corrected chi connectivity index (χ1v) is 7.87. The molecule has 0 heterocycles. The predicted molar refractivity (Wildman–Crippen MR) is 87.2 cm³/mol. The number of Topliss-reactive ketones (excluding diaryl/α,β-unsaturated/α-hetero) is 1. The van der Waals surface area contributed by atoms with Crippen LogP contribution in [0.2, 0.25) is 5.02 Å². The lowest BCUT2D eigenvalue weighted by atomic mass is 10.1. The molecular formula is C18H15ClFNO3. The van der Waals surface area contributed by atoms with Crippen molar-refractivity contribution in [2.24, 2.45) is 0 Å². The van der Waals surface area contributed by atoms with Gasteiger partial charge in [0.2, 0.25) is 5.78 Å². The molecule has 1 unspecified atom stereocenters. The zero-order chi connectivity index (χ0) is 17.3. The third-order valence-corrected chi connectivity index (χ3v) is 4.40. The van der Waals surface area contributed by atoms with Gasteiger partial charge in [-0.15, -0.1) is 0 Å². The number of carbonyl (C=O) groups excluding carboxylic acids is 2. The highest BCUT2D eigenvalue weighted by Crippen LogP contribution is 2.31. The van der Waals surface area contributed by atoms with Crippen LogP contribution in [0.5, 0.6) is 0 Å². The summed E-state index contributed by atoms with van der Waals surface area (Å²) in [5, 5.41) is 12.6. The predicted octanol–water partition coefficient (Wildman–Crippen LogP) is 2.37. The Kier molecular flexibility index (Phi) is 4.64. The lowest BCUT2D eigenvalue weighted by Gasteiger charge is -2.17. The van der Waals surface area contributed by atoms with Crippen molar-refractivity contribution in [2.75, 3.05) is 0 Å². The van der Waals surface area contributed by atoms with E-state index in [4.69, 9.17) is 11.6 Å². The zero-order valence-electron chi connectivity index (χ0n) is 12.6. The van der Waals surface area contributed by atoms with Crippen LogP contribution in [-0.4, -0.2) is 22.9 Å². The van der Waals surface area contributed by atoms with Gasteiger partial charge in [0.05, 0.1) is 17.2 Å². The van der Waals surface area contributed by atoms with E-state index in [-0.39, 0.29) is 11.4 Å². The maximum Gasteiger partial charge on any atom is 0.288 e. The molecule has 6 heteroatoms. The number of benzene rings is 2. The molecule has 0 spiro atoms. The van der Waals surface area contributed by atoms with E-state index in [1.165, 1.54) is 12.1 Å². The fourth-order valence-electron chi connectivity index (χ4n) is 2.88. The highest BCUT2D eigenvalue weighted by Gasteiger charge is 2.33. The monoisotopic (exact) mass is 347 g/mol. The van der Waals surface area contributed by atoms with Gasteiger partial charge in [-0.25, -0.2) is 4.39 Å². The molecule has 2 atom stereocenters. The first-order chi connectivity index (χ1) is 11.5. The summed E-state index contributed by atoms with van der Waals surface area (Å²) in [6, 6.07) is 10.7. The van der Waals surface area contributed by atoms with Crippen LogP contribution in [-0.2, 0) is 22.4 Å². The molecule has 1 amide bonds. The minimum Gasteiger partial charge on any atom is -0.390 e. The largest absolute Gasteiger partial charge is 0.390 e. The molecular weight excluding hydrogens is 333 g/mol. The lowest BCUT2D eigenvalue weighted by molar-refractivity contribution is -0.138. The molecule has 124 valence electrons. The Labute approximate surface area is 143 Å². The van der Waals surface area contributed by atoms with Crippen LogP contribution < -0.4 is 5.32 Å². The number of halogens is 2. The molecule has 1 aliphatic rings. The first kappa shape index (κ1) is 16.6. The van der Waals surface area contributed by atoms with Crippen molar-refractivity contribution in [3.05, 3.63) is 70.0 Å². The average molecular weight is 348 g/mol. The van der Waals surface area contributed by atoms with E-state index < -0.39 is 29.7 Å². The topological polar surface area (TPSA) is 66.4 Å². The molecule has 4 nitrogen and oxygen atoms in total. The smallest absolute Gasteiger partial charge is 0.288 e. The van der Waals surface area contributed by atoms with Crippen molar-refractivity contribution in [3.8, 4) is 0 Å². The van der Waals surface area contributed by atoms with E-state index in [1.807, 2.05) is 24.3 Å². The molecule has 0 radical (unpaired) electrons. The number of nitrogens with one attached hydrogen (secondary N) is 1. The van der Waals surface area contributed by atoms with E-state index in [0.29, 0.717) is 12.0 Å². The molecule has 0 aliphatic heterocycles. The number of aliphatic hydroxyl groups excluding tert-OH is 1. The minimum atomic E-state index is -0.800. The molecule has 0 fully saturated rings. The van der Waals surface area contributed by atoms with Crippen molar-refractivity contribution >= 4 is 23.3 Å². The van der Waals surface area contributed by atoms with Crippen LogP contribution in [0.1, 0.15) is 22.7 Å². The first-order valence-electron chi connectivity index (χ1n) is 7.49. The van der Waals surface area contributed by atoms with E-state index >= 15 is 0 Å². The number of ketones is 1. The number of fused-ring (bicyclic) bond motifs is 1. The van der Waals surface area contributed by atoms with E-state index in [0.717, 1.165) is 17.2 Å². The molecule has 2 aromatic rings. The van der Waals surface area contributed by atoms with Crippen molar-refractivity contribution < 1.29 is 19.1 Å². The Morgan fingerprint density at radius 2 is 2.00 bits per heavy atom. The van der Waals surface area contributed by atoms with Gasteiger partial charge in [-0.05, 0) is 28.8 Å². The average Bonchev–Trinajstić information content (AvgIpc) is 2.87. The Morgan fingerprint density at radius 1 is 1.25 bits per heavy atom. The third kappa shape index (κ3) is 3.32. The minimum absolute atomic E-state index is 0.0404. The molecule has 0 saturated carbocycles. The Hall–Kier alpha value is -2.24. The van der Waals surface area contributed by atoms with Crippen molar-refractivity contribution in [1.82, 2.24) is 5.32 Å². The molecule has 2 N–H and O–H groups in total. The Morgan fingerprint density at radius 3 is 2.75 bits per heavy atom. The lowest BCUT2D eigenvalue weighted by Crippen LogP contribution is -2.38. The quantitative estimate of drug-likeness (QED) is 0.834. The van der Waals surface area contributed by atoms with Gasteiger partial charge in [-0.3, -0.25) is 9.59 Å². The summed E-state index contributed by atoms with van der Waals surface area (Å²) in [4.78, 5) is 24.2. The molecule has 24 heavy (non-hydrogen) atoms. The highest BCUT2D eigenvalue weighted by molar-refractivity contribution is 6.36. The molecule has 0 aromatic heterocycles. The van der Waals surface area contributed by atoms with Crippen LogP contribution in [0.25, 0.3) is 0 Å². The fraction of sp³-hybridized carbons (Fsp3) is 0.222. The highest BCUT2D eigenvalue weighted by atomic mass is 35.5. The third-order valence-electron chi connectivity index (χ3n) is 4.09. The van der Waals surface area contributed by atoms with Gasteiger partial charge in [0.25, 0.3) is 5.91 Å². The Bertz CT molecular complexity index is 809. The number of carbonyl (C=O) groups is 2. The van der Waals surface area contributed by atoms with Crippen LogP contribution in [0.4, 0.5) is 4.39 Å². The van der Waals surface area contributed by atoms with Crippen LogP contribution >= 0.6 is 11.6 Å². The summed E-state index contributed by atoms with van der Waals surface area (Å²) >= 11 is 5.59.